The highest BCUT2D eigenvalue weighted by Crippen LogP contribution is 2.24. The van der Waals surface area contributed by atoms with Crippen LogP contribution in [0, 0.1) is 0 Å². The maximum Gasteiger partial charge on any atom is 0.0406 e. The van der Waals surface area contributed by atoms with Crippen LogP contribution in [0.4, 0.5) is 0 Å². The van der Waals surface area contributed by atoms with Crippen LogP contribution in [0.15, 0.2) is 24.3 Å². The molecule has 0 saturated carbocycles. The molecule has 2 N–H and O–H groups in total. The minimum Gasteiger partial charge on any atom is -0.328 e. The van der Waals surface area contributed by atoms with E-state index in [9.17, 15) is 0 Å². The molecular formula is C12H19ClN2. The minimum atomic E-state index is 0.202. The van der Waals surface area contributed by atoms with Crippen LogP contribution in [0.3, 0.4) is 0 Å². The maximum atomic E-state index is 5.86. The van der Waals surface area contributed by atoms with Crippen LogP contribution in [-0.2, 0) is 0 Å². The lowest BCUT2D eigenvalue weighted by atomic mass is 9.99. The Morgan fingerprint density at radius 2 is 1.80 bits per heavy atom. The molecule has 84 valence electrons. The van der Waals surface area contributed by atoms with Gasteiger partial charge in [-0.2, -0.15) is 0 Å². The van der Waals surface area contributed by atoms with E-state index in [1.807, 2.05) is 19.1 Å². The first kappa shape index (κ1) is 12.5. The van der Waals surface area contributed by atoms with Crippen molar-refractivity contribution in [1.82, 2.24) is 4.90 Å². The summed E-state index contributed by atoms with van der Waals surface area (Å²) in [4.78, 5) is 2.19. The third-order valence-corrected chi connectivity index (χ3v) is 2.73. The van der Waals surface area contributed by atoms with Gasteiger partial charge in [0.05, 0.1) is 0 Å². The molecule has 0 bridgehead atoms. The van der Waals surface area contributed by atoms with Crippen LogP contribution in [0.5, 0.6) is 0 Å². The van der Waals surface area contributed by atoms with Crippen molar-refractivity contribution in [2.75, 3.05) is 14.1 Å². The van der Waals surface area contributed by atoms with Gasteiger partial charge in [0.1, 0.15) is 0 Å². The van der Waals surface area contributed by atoms with E-state index in [0.29, 0.717) is 6.04 Å². The Morgan fingerprint density at radius 3 is 2.20 bits per heavy atom. The average molecular weight is 227 g/mol. The Labute approximate surface area is 97.0 Å². The summed E-state index contributed by atoms with van der Waals surface area (Å²) in [6, 6.07) is 8.55. The molecule has 0 heterocycles. The average Bonchev–Trinajstić information content (AvgIpc) is 2.15. The Morgan fingerprint density at radius 1 is 1.27 bits per heavy atom. The summed E-state index contributed by atoms with van der Waals surface area (Å²) in [6.45, 7) is 2.03. The first-order valence-corrected chi connectivity index (χ1v) is 5.56. The monoisotopic (exact) mass is 226 g/mol. The fourth-order valence-corrected chi connectivity index (χ4v) is 1.81. The number of benzene rings is 1. The van der Waals surface area contributed by atoms with Gasteiger partial charge in [0.15, 0.2) is 0 Å². The van der Waals surface area contributed by atoms with Crippen molar-refractivity contribution in [2.45, 2.75) is 25.4 Å². The second kappa shape index (κ2) is 5.50. The normalized spacial score (nSPS) is 15.3. The number of nitrogens with two attached hydrogens (primary N) is 1. The molecule has 2 unspecified atom stereocenters. The van der Waals surface area contributed by atoms with Gasteiger partial charge < -0.3 is 10.6 Å². The van der Waals surface area contributed by atoms with Crippen LogP contribution in [0.1, 0.15) is 24.9 Å². The van der Waals surface area contributed by atoms with E-state index in [4.69, 9.17) is 17.3 Å². The Bertz CT molecular complexity index is 293. The minimum absolute atomic E-state index is 0.202. The van der Waals surface area contributed by atoms with Gasteiger partial charge in [-0.05, 0) is 45.1 Å². The topological polar surface area (TPSA) is 29.3 Å². The molecule has 1 aromatic carbocycles. The summed E-state index contributed by atoms with van der Waals surface area (Å²) in [7, 11) is 4.14. The van der Waals surface area contributed by atoms with Gasteiger partial charge in [0.2, 0.25) is 0 Å². The number of hydrogen-bond donors (Lipinski definition) is 1. The zero-order valence-corrected chi connectivity index (χ0v) is 10.3. The number of hydrogen-bond acceptors (Lipinski definition) is 2. The third kappa shape index (κ3) is 3.82. The zero-order valence-electron chi connectivity index (χ0n) is 9.57. The predicted molar refractivity (Wildman–Crippen MR) is 66.1 cm³/mol. The standard InChI is InChI=1S/C12H19ClN2/c1-9(14)8-12(15(2)3)10-4-6-11(13)7-5-10/h4-7,9,12H,8,14H2,1-3H3. The van der Waals surface area contributed by atoms with Crippen LogP contribution >= 0.6 is 11.6 Å². The van der Waals surface area contributed by atoms with Crippen LogP contribution < -0.4 is 5.73 Å². The summed E-state index contributed by atoms with van der Waals surface area (Å²) in [5.74, 6) is 0. The van der Waals surface area contributed by atoms with Gasteiger partial charge in [0, 0.05) is 17.1 Å². The van der Waals surface area contributed by atoms with Gasteiger partial charge in [-0.1, -0.05) is 23.7 Å². The van der Waals surface area contributed by atoms with E-state index in [0.717, 1.165) is 11.4 Å². The lowest BCUT2D eigenvalue weighted by molar-refractivity contribution is 0.272. The van der Waals surface area contributed by atoms with E-state index in [-0.39, 0.29) is 6.04 Å². The molecule has 1 aromatic rings. The molecule has 3 heteroatoms. The first-order valence-electron chi connectivity index (χ1n) is 5.18. The molecule has 0 aliphatic rings. The second-order valence-electron chi connectivity index (χ2n) is 4.24. The van der Waals surface area contributed by atoms with Crippen molar-refractivity contribution in [1.29, 1.82) is 0 Å². The quantitative estimate of drug-likeness (QED) is 0.856. The molecule has 0 aliphatic carbocycles. The summed E-state index contributed by atoms with van der Waals surface area (Å²) in [5.41, 5.74) is 7.11. The molecule has 2 nitrogen and oxygen atoms in total. The van der Waals surface area contributed by atoms with Gasteiger partial charge in [-0.15, -0.1) is 0 Å². The maximum absolute atomic E-state index is 5.86. The van der Waals surface area contributed by atoms with E-state index >= 15 is 0 Å². The lowest BCUT2D eigenvalue weighted by Crippen LogP contribution is -2.27. The summed E-state index contributed by atoms with van der Waals surface area (Å²) in [5, 5.41) is 0.775. The molecular weight excluding hydrogens is 208 g/mol. The Kier molecular flexibility index (Phi) is 4.58. The van der Waals surface area contributed by atoms with Gasteiger partial charge in [-0.3, -0.25) is 0 Å². The lowest BCUT2D eigenvalue weighted by Gasteiger charge is -2.26. The molecule has 15 heavy (non-hydrogen) atoms. The Balaban J connectivity index is 2.84. The third-order valence-electron chi connectivity index (χ3n) is 2.47. The number of nitrogens with zero attached hydrogens (tertiary/aromatic N) is 1. The van der Waals surface area contributed by atoms with Crippen molar-refractivity contribution in [2.24, 2.45) is 5.73 Å². The molecule has 0 saturated heterocycles. The molecule has 0 fully saturated rings. The van der Waals surface area contributed by atoms with Crippen molar-refractivity contribution in [3.05, 3.63) is 34.9 Å². The molecule has 0 aromatic heterocycles. The summed E-state index contributed by atoms with van der Waals surface area (Å²) < 4.78 is 0. The van der Waals surface area contributed by atoms with Crippen LogP contribution in [-0.4, -0.2) is 25.0 Å². The fraction of sp³-hybridized carbons (Fsp3) is 0.500. The molecule has 2 atom stereocenters. The number of halogens is 1. The largest absolute Gasteiger partial charge is 0.328 e. The van der Waals surface area contributed by atoms with Crippen molar-refractivity contribution in [3.8, 4) is 0 Å². The first-order chi connectivity index (χ1) is 7.00. The highest BCUT2D eigenvalue weighted by molar-refractivity contribution is 6.30. The molecule has 1 rings (SSSR count). The number of rotatable bonds is 4. The zero-order chi connectivity index (χ0) is 11.4. The van der Waals surface area contributed by atoms with Crippen LogP contribution in [0.2, 0.25) is 5.02 Å². The van der Waals surface area contributed by atoms with Crippen LogP contribution in [0.25, 0.3) is 0 Å². The van der Waals surface area contributed by atoms with Gasteiger partial charge in [-0.25, -0.2) is 0 Å². The van der Waals surface area contributed by atoms with Gasteiger partial charge in [0.25, 0.3) is 0 Å². The van der Waals surface area contributed by atoms with Crippen molar-refractivity contribution < 1.29 is 0 Å². The molecule has 0 aliphatic heterocycles. The predicted octanol–water partition coefficient (Wildman–Crippen LogP) is 2.68. The second-order valence-corrected chi connectivity index (χ2v) is 4.68. The highest BCUT2D eigenvalue weighted by Gasteiger charge is 2.15. The van der Waals surface area contributed by atoms with Crippen molar-refractivity contribution in [3.63, 3.8) is 0 Å². The fourth-order valence-electron chi connectivity index (χ4n) is 1.68. The molecule has 0 spiro atoms. The van der Waals surface area contributed by atoms with Crippen molar-refractivity contribution >= 4 is 11.6 Å². The smallest absolute Gasteiger partial charge is 0.0406 e. The van der Waals surface area contributed by atoms with E-state index in [2.05, 4.69) is 31.1 Å². The van der Waals surface area contributed by atoms with Gasteiger partial charge >= 0.3 is 0 Å². The summed E-state index contributed by atoms with van der Waals surface area (Å²) in [6.07, 6.45) is 0.953. The highest BCUT2D eigenvalue weighted by atomic mass is 35.5. The molecule has 0 amide bonds. The molecule has 0 radical (unpaired) electrons. The van der Waals surface area contributed by atoms with E-state index in [1.165, 1.54) is 5.56 Å². The summed E-state index contributed by atoms with van der Waals surface area (Å²) >= 11 is 5.86. The van der Waals surface area contributed by atoms with E-state index < -0.39 is 0 Å². The SMILES string of the molecule is CC(N)CC(c1ccc(Cl)cc1)N(C)C. The Hall–Kier alpha value is -0.570. The van der Waals surface area contributed by atoms with E-state index in [1.54, 1.807) is 0 Å².